The van der Waals surface area contributed by atoms with E-state index in [1.807, 2.05) is 20.8 Å². The Labute approximate surface area is 164 Å². The van der Waals surface area contributed by atoms with Crippen LogP contribution in [0.3, 0.4) is 0 Å². The first-order chi connectivity index (χ1) is 13.1. The molecule has 1 heterocycles. The van der Waals surface area contributed by atoms with Crippen LogP contribution in [0.4, 0.5) is 4.79 Å². The summed E-state index contributed by atoms with van der Waals surface area (Å²) in [5.74, 6) is -1.02. The molecule has 2 N–H and O–H groups in total. The van der Waals surface area contributed by atoms with Crippen LogP contribution in [0.1, 0.15) is 50.0 Å². The van der Waals surface area contributed by atoms with E-state index in [0.717, 1.165) is 0 Å². The quantitative estimate of drug-likeness (QED) is 0.770. The minimum atomic E-state index is -1.08. The lowest BCUT2D eigenvalue weighted by Gasteiger charge is -2.24. The molecule has 1 atom stereocenters. The molecule has 0 aromatic heterocycles. The normalized spacial score (nSPS) is 16.6. The van der Waals surface area contributed by atoms with Crippen molar-refractivity contribution in [2.24, 2.45) is 0 Å². The van der Waals surface area contributed by atoms with Crippen LogP contribution >= 0.6 is 0 Å². The lowest BCUT2D eigenvalue weighted by Crippen LogP contribution is -2.40. The van der Waals surface area contributed by atoms with E-state index >= 15 is 0 Å². The van der Waals surface area contributed by atoms with Gasteiger partial charge in [0.2, 0.25) is 5.91 Å². The summed E-state index contributed by atoms with van der Waals surface area (Å²) in [6.45, 7) is 8.47. The van der Waals surface area contributed by atoms with Gasteiger partial charge < -0.3 is 24.8 Å². The van der Waals surface area contributed by atoms with Crippen molar-refractivity contribution in [3.05, 3.63) is 29.3 Å². The predicted molar refractivity (Wildman–Crippen MR) is 103 cm³/mol. The molecule has 1 aromatic rings. The predicted octanol–water partition coefficient (Wildman–Crippen LogP) is 2.45. The third-order valence-corrected chi connectivity index (χ3v) is 4.15. The van der Waals surface area contributed by atoms with Crippen molar-refractivity contribution in [3.63, 3.8) is 0 Å². The van der Waals surface area contributed by atoms with Crippen LogP contribution in [0.2, 0.25) is 0 Å². The van der Waals surface area contributed by atoms with Gasteiger partial charge in [0.1, 0.15) is 16.9 Å². The summed E-state index contributed by atoms with van der Waals surface area (Å²) in [6.07, 6.45) is 0.380. The number of carboxylic acid groups (broad SMARTS) is 1. The van der Waals surface area contributed by atoms with Crippen molar-refractivity contribution in [2.45, 2.75) is 52.2 Å². The Bertz CT molecular complexity index is 741. The molecule has 28 heavy (non-hydrogen) atoms. The van der Waals surface area contributed by atoms with Gasteiger partial charge in [0.15, 0.2) is 0 Å². The molecular formula is C20H28N2O6. The summed E-state index contributed by atoms with van der Waals surface area (Å²) in [5, 5.41) is 12.1. The van der Waals surface area contributed by atoms with Crippen LogP contribution < -0.4 is 10.1 Å². The topological polar surface area (TPSA) is 105 Å². The van der Waals surface area contributed by atoms with E-state index in [9.17, 15) is 19.5 Å². The molecule has 0 saturated carbocycles. The number of benzene rings is 1. The third kappa shape index (κ3) is 6.14. The summed E-state index contributed by atoms with van der Waals surface area (Å²) in [5.41, 5.74) is 0.168. The molecule has 154 valence electrons. The molecule has 2 rings (SSSR count). The van der Waals surface area contributed by atoms with Gasteiger partial charge in [0.05, 0.1) is 13.0 Å². The van der Waals surface area contributed by atoms with Gasteiger partial charge in [0.25, 0.3) is 0 Å². The van der Waals surface area contributed by atoms with Gasteiger partial charge in [-0.15, -0.1) is 0 Å². The summed E-state index contributed by atoms with van der Waals surface area (Å²) in [4.78, 5) is 37.3. The molecule has 0 bridgehead atoms. The smallest absolute Gasteiger partial charge is 0.410 e. The van der Waals surface area contributed by atoms with Crippen LogP contribution in [-0.2, 0) is 16.0 Å². The van der Waals surface area contributed by atoms with Gasteiger partial charge in [-0.3, -0.25) is 4.79 Å². The van der Waals surface area contributed by atoms with Gasteiger partial charge >= 0.3 is 12.1 Å². The number of likely N-dealkylation sites (tertiary alicyclic amines) is 1. The molecule has 1 fully saturated rings. The van der Waals surface area contributed by atoms with E-state index in [1.165, 1.54) is 6.07 Å². The van der Waals surface area contributed by atoms with Gasteiger partial charge in [-0.25, -0.2) is 9.59 Å². The van der Waals surface area contributed by atoms with Gasteiger partial charge in [-0.05, 0) is 51.8 Å². The van der Waals surface area contributed by atoms with Crippen LogP contribution in [-0.4, -0.2) is 59.3 Å². The number of nitrogens with one attached hydrogen (secondary N) is 1. The molecule has 2 amide bonds. The zero-order valence-electron chi connectivity index (χ0n) is 16.8. The van der Waals surface area contributed by atoms with Crippen LogP contribution in [0.15, 0.2) is 18.2 Å². The fourth-order valence-corrected chi connectivity index (χ4v) is 2.96. The summed E-state index contributed by atoms with van der Waals surface area (Å²) in [7, 11) is 0. The standard InChI is InChI=1S/C20H28N2O6/c1-5-27-16-10-13(6-7-15(16)18(24)25)11-17(23)21-14-8-9-22(12-14)19(26)28-20(2,3)4/h6-7,10,14H,5,8-9,11-12H2,1-4H3,(H,21,23)(H,24,25). The zero-order chi connectivity index (χ0) is 20.9. The molecule has 1 aromatic carbocycles. The maximum Gasteiger partial charge on any atom is 0.410 e. The number of carbonyl (C=O) groups is 3. The number of aromatic carboxylic acids is 1. The number of ether oxygens (including phenoxy) is 2. The van der Waals surface area contributed by atoms with Crippen molar-refractivity contribution in [2.75, 3.05) is 19.7 Å². The van der Waals surface area contributed by atoms with Gasteiger partial charge in [0, 0.05) is 19.1 Å². The largest absolute Gasteiger partial charge is 0.493 e. The molecule has 8 nitrogen and oxygen atoms in total. The molecule has 1 saturated heterocycles. The monoisotopic (exact) mass is 392 g/mol. The van der Waals surface area contributed by atoms with Crippen LogP contribution in [0.5, 0.6) is 5.75 Å². The summed E-state index contributed by atoms with van der Waals surface area (Å²) < 4.78 is 10.7. The number of amides is 2. The van der Waals surface area contributed by atoms with E-state index < -0.39 is 11.6 Å². The highest BCUT2D eigenvalue weighted by Crippen LogP contribution is 2.21. The Morgan fingerprint density at radius 2 is 2.00 bits per heavy atom. The second kappa shape index (κ2) is 8.95. The Balaban J connectivity index is 1.91. The van der Waals surface area contributed by atoms with Gasteiger partial charge in [-0.2, -0.15) is 0 Å². The maximum absolute atomic E-state index is 12.4. The summed E-state index contributed by atoms with van der Waals surface area (Å²) in [6, 6.07) is 4.49. The Kier molecular flexibility index (Phi) is 6.88. The van der Waals surface area contributed by atoms with E-state index in [4.69, 9.17) is 9.47 Å². The zero-order valence-corrected chi connectivity index (χ0v) is 16.8. The molecule has 1 aliphatic heterocycles. The van der Waals surface area contributed by atoms with Crippen molar-refractivity contribution in [1.82, 2.24) is 10.2 Å². The highest BCUT2D eigenvalue weighted by atomic mass is 16.6. The number of hydrogen-bond acceptors (Lipinski definition) is 5. The third-order valence-electron chi connectivity index (χ3n) is 4.15. The SMILES string of the molecule is CCOc1cc(CC(=O)NC2CCN(C(=O)OC(C)(C)C)C2)ccc1C(=O)O. The Hall–Kier alpha value is -2.77. The molecule has 1 aliphatic rings. The minimum Gasteiger partial charge on any atom is -0.493 e. The Morgan fingerprint density at radius 3 is 2.61 bits per heavy atom. The Morgan fingerprint density at radius 1 is 1.29 bits per heavy atom. The fraction of sp³-hybridized carbons (Fsp3) is 0.550. The molecule has 1 unspecified atom stereocenters. The van der Waals surface area contributed by atoms with E-state index in [-0.39, 0.29) is 35.8 Å². The summed E-state index contributed by atoms with van der Waals surface area (Å²) >= 11 is 0. The van der Waals surface area contributed by atoms with E-state index in [0.29, 0.717) is 31.7 Å². The first-order valence-corrected chi connectivity index (χ1v) is 9.35. The molecule has 0 aliphatic carbocycles. The second-order valence-corrected chi connectivity index (χ2v) is 7.72. The molecule has 0 spiro atoms. The van der Waals surface area contributed by atoms with Crippen molar-refractivity contribution >= 4 is 18.0 Å². The number of nitrogens with zero attached hydrogens (tertiary/aromatic N) is 1. The van der Waals surface area contributed by atoms with E-state index in [1.54, 1.807) is 24.0 Å². The van der Waals surface area contributed by atoms with Crippen LogP contribution in [0, 0.1) is 0 Å². The van der Waals surface area contributed by atoms with Crippen molar-refractivity contribution in [1.29, 1.82) is 0 Å². The average Bonchev–Trinajstić information content (AvgIpc) is 3.02. The second-order valence-electron chi connectivity index (χ2n) is 7.72. The van der Waals surface area contributed by atoms with E-state index in [2.05, 4.69) is 5.32 Å². The van der Waals surface area contributed by atoms with Crippen molar-refractivity contribution < 1.29 is 29.0 Å². The number of carboxylic acids is 1. The highest BCUT2D eigenvalue weighted by Gasteiger charge is 2.30. The van der Waals surface area contributed by atoms with Crippen molar-refractivity contribution in [3.8, 4) is 5.75 Å². The highest BCUT2D eigenvalue weighted by molar-refractivity contribution is 5.91. The fourth-order valence-electron chi connectivity index (χ4n) is 2.96. The number of rotatable bonds is 6. The van der Waals surface area contributed by atoms with Gasteiger partial charge in [-0.1, -0.05) is 6.07 Å². The van der Waals surface area contributed by atoms with Crippen LogP contribution in [0.25, 0.3) is 0 Å². The number of hydrogen-bond donors (Lipinski definition) is 2. The lowest BCUT2D eigenvalue weighted by molar-refractivity contribution is -0.121. The molecule has 8 heteroatoms. The molecular weight excluding hydrogens is 364 g/mol. The first-order valence-electron chi connectivity index (χ1n) is 9.35. The number of carbonyl (C=O) groups excluding carboxylic acids is 2. The minimum absolute atomic E-state index is 0.0646. The first kappa shape index (κ1) is 21.5. The maximum atomic E-state index is 12.4. The lowest BCUT2D eigenvalue weighted by atomic mass is 10.1. The average molecular weight is 392 g/mol. The molecule has 0 radical (unpaired) electrons.